The summed E-state index contributed by atoms with van der Waals surface area (Å²) in [6.45, 7) is 3.23. The number of non-ortho nitro benzene ring substituents is 1. The molecule has 1 aromatic rings. The second kappa shape index (κ2) is 6.95. The van der Waals surface area contributed by atoms with Gasteiger partial charge in [0.1, 0.15) is 0 Å². The molecule has 0 atom stereocenters. The molecule has 1 saturated heterocycles. The molecule has 0 radical (unpaired) electrons. The Labute approximate surface area is 135 Å². The normalized spacial score (nSPS) is 19.7. The van der Waals surface area contributed by atoms with Crippen LogP contribution in [0, 0.1) is 10.1 Å². The van der Waals surface area contributed by atoms with Crippen LogP contribution in [-0.2, 0) is 0 Å². The minimum Gasteiger partial charge on any atom is -0.322 e. The fourth-order valence-corrected chi connectivity index (χ4v) is 3.46. The first-order chi connectivity index (χ1) is 11.1. The van der Waals surface area contributed by atoms with Crippen molar-refractivity contribution in [1.29, 1.82) is 0 Å². The average molecular weight is 318 g/mol. The van der Waals surface area contributed by atoms with Crippen molar-refractivity contribution in [3.05, 3.63) is 34.4 Å². The largest absolute Gasteiger partial charge is 0.322 e. The summed E-state index contributed by atoms with van der Waals surface area (Å²) in [6, 6.07) is 6.54. The molecule has 3 rings (SSSR count). The van der Waals surface area contributed by atoms with Crippen LogP contribution in [0.4, 0.5) is 16.2 Å². The number of piperazine rings is 1. The lowest BCUT2D eigenvalue weighted by Gasteiger charge is -2.37. The van der Waals surface area contributed by atoms with Gasteiger partial charge >= 0.3 is 6.03 Å². The molecule has 2 fully saturated rings. The van der Waals surface area contributed by atoms with Gasteiger partial charge in [-0.3, -0.25) is 15.0 Å². The predicted molar refractivity (Wildman–Crippen MR) is 87.5 cm³/mol. The summed E-state index contributed by atoms with van der Waals surface area (Å²) >= 11 is 0. The van der Waals surface area contributed by atoms with Crippen LogP contribution in [0.3, 0.4) is 0 Å². The van der Waals surface area contributed by atoms with Gasteiger partial charge in [-0.25, -0.2) is 4.79 Å². The van der Waals surface area contributed by atoms with Crippen LogP contribution in [0.2, 0.25) is 0 Å². The highest BCUT2D eigenvalue weighted by Gasteiger charge is 2.27. The fourth-order valence-electron chi connectivity index (χ4n) is 3.46. The van der Waals surface area contributed by atoms with Gasteiger partial charge in [-0.2, -0.15) is 0 Å². The van der Waals surface area contributed by atoms with E-state index in [9.17, 15) is 14.9 Å². The number of rotatable bonds is 3. The Bertz CT molecular complexity index is 578. The van der Waals surface area contributed by atoms with Crippen LogP contribution in [0.1, 0.15) is 25.7 Å². The van der Waals surface area contributed by atoms with Gasteiger partial charge < -0.3 is 10.2 Å². The van der Waals surface area contributed by atoms with E-state index in [0.717, 1.165) is 13.1 Å². The zero-order valence-corrected chi connectivity index (χ0v) is 13.1. The van der Waals surface area contributed by atoms with Crippen molar-refractivity contribution in [2.75, 3.05) is 31.5 Å². The van der Waals surface area contributed by atoms with E-state index in [1.54, 1.807) is 17.0 Å². The number of carbonyl (C=O) groups is 1. The first-order valence-corrected chi connectivity index (χ1v) is 8.18. The van der Waals surface area contributed by atoms with Crippen molar-refractivity contribution >= 4 is 17.4 Å². The molecular weight excluding hydrogens is 296 g/mol. The van der Waals surface area contributed by atoms with Crippen molar-refractivity contribution in [2.45, 2.75) is 31.7 Å². The van der Waals surface area contributed by atoms with Gasteiger partial charge in [0.25, 0.3) is 5.69 Å². The molecule has 7 nitrogen and oxygen atoms in total. The second-order valence-corrected chi connectivity index (χ2v) is 6.20. The molecule has 0 unspecified atom stereocenters. The molecule has 124 valence electrons. The first-order valence-electron chi connectivity index (χ1n) is 8.18. The summed E-state index contributed by atoms with van der Waals surface area (Å²) in [5, 5.41) is 13.5. The van der Waals surface area contributed by atoms with Crippen molar-refractivity contribution in [1.82, 2.24) is 9.80 Å². The predicted octanol–water partition coefficient (Wildman–Crippen LogP) is 2.69. The lowest BCUT2D eigenvalue weighted by molar-refractivity contribution is -0.384. The number of nitrogens with one attached hydrogen (secondary N) is 1. The van der Waals surface area contributed by atoms with E-state index in [0.29, 0.717) is 24.8 Å². The third-order valence-corrected chi connectivity index (χ3v) is 4.75. The highest BCUT2D eigenvalue weighted by molar-refractivity contribution is 5.89. The Balaban J connectivity index is 1.53. The molecule has 0 aromatic heterocycles. The van der Waals surface area contributed by atoms with Crippen LogP contribution >= 0.6 is 0 Å². The number of amides is 2. The third-order valence-electron chi connectivity index (χ3n) is 4.75. The smallest absolute Gasteiger partial charge is 0.321 e. The summed E-state index contributed by atoms with van der Waals surface area (Å²) in [5.74, 6) is 0. The van der Waals surface area contributed by atoms with Gasteiger partial charge in [-0.05, 0) is 18.9 Å². The molecular formula is C16H22N4O3. The maximum absolute atomic E-state index is 12.3. The molecule has 2 aliphatic rings. The Kier molecular flexibility index (Phi) is 4.76. The molecule has 1 heterocycles. The Morgan fingerprint density at radius 2 is 1.87 bits per heavy atom. The maximum atomic E-state index is 12.3. The van der Waals surface area contributed by atoms with Gasteiger partial charge in [0, 0.05) is 50.0 Å². The molecule has 1 aliphatic carbocycles. The Morgan fingerprint density at radius 1 is 1.17 bits per heavy atom. The first kappa shape index (κ1) is 15.7. The van der Waals surface area contributed by atoms with Crippen LogP contribution in [-0.4, -0.2) is 53.0 Å². The van der Waals surface area contributed by atoms with Crippen LogP contribution in [0.15, 0.2) is 24.3 Å². The number of hydrogen-bond donors (Lipinski definition) is 1. The van der Waals surface area contributed by atoms with E-state index < -0.39 is 4.92 Å². The molecule has 1 N–H and O–H groups in total. The van der Waals surface area contributed by atoms with Gasteiger partial charge in [0.05, 0.1) is 4.92 Å². The monoisotopic (exact) mass is 318 g/mol. The number of benzene rings is 1. The lowest BCUT2D eigenvalue weighted by Crippen LogP contribution is -2.52. The number of nitrogens with zero attached hydrogens (tertiary/aromatic N) is 3. The SMILES string of the molecule is O=C(Nc1cccc([N+](=O)[O-])c1)N1CCN(C2CCCC2)CC1. The molecule has 0 spiro atoms. The Hall–Kier alpha value is -2.15. The van der Waals surface area contributed by atoms with Crippen molar-refractivity contribution in [3.63, 3.8) is 0 Å². The van der Waals surface area contributed by atoms with E-state index in [1.807, 2.05) is 0 Å². The number of nitro groups is 1. The minimum absolute atomic E-state index is 0.0196. The molecule has 1 saturated carbocycles. The number of nitro benzene ring substituents is 1. The summed E-state index contributed by atoms with van der Waals surface area (Å²) in [5.41, 5.74) is 0.441. The molecule has 2 amide bonds. The van der Waals surface area contributed by atoms with E-state index >= 15 is 0 Å². The van der Waals surface area contributed by atoms with Crippen LogP contribution < -0.4 is 5.32 Å². The van der Waals surface area contributed by atoms with Crippen LogP contribution in [0.25, 0.3) is 0 Å². The van der Waals surface area contributed by atoms with Crippen LogP contribution in [0.5, 0.6) is 0 Å². The minimum atomic E-state index is -0.462. The van der Waals surface area contributed by atoms with Gasteiger partial charge in [0.2, 0.25) is 0 Å². The quantitative estimate of drug-likeness (QED) is 0.686. The van der Waals surface area contributed by atoms with Gasteiger partial charge in [-0.1, -0.05) is 18.9 Å². The molecule has 1 aliphatic heterocycles. The van der Waals surface area contributed by atoms with E-state index in [-0.39, 0.29) is 11.7 Å². The van der Waals surface area contributed by atoms with Crippen molar-refractivity contribution in [2.24, 2.45) is 0 Å². The van der Waals surface area contributed by atoms with Crippen molar-refractivity contribution in [3.8, 4) is 0 Å². The zero-order chi connectivity index (χ0) is 16.2. The summed E-state index contributed by atoms with van der Waals surface area (Å²) < 4.78 is 0. The highest BCUT2D eigenvalue weighted by Crippen LogP contribution is 2.24. The second-order valence-electron chi connectivity index (χ2n) is 6.20. The number of urea groups is 1. The van der Waals surface area contributed by atoms with Crippen molar-refractivity contribution < 1.29 is 9.72 Å². The van der Waals surface area contributed by atoms with Gasteiger partial charge in [-0.15, -0.1) is 0 Å². The number of hydrogen-bond acceptors (Lipinski definition) is 4. The van der Waals surface area contributed by atoms with E-state index in [4.69, 9.17) is 0 Å². The molecule has 1 aromatic carbocycles. The summed E-state index contributed by atoms with van der Waals surface area (Å²) in [6.07, 6.45) is 5.19. The Morgan fingerprint density at radius 3 is 2.52 bits per heavy atom. The topological polar surface area (TPSA) is 78.7 Å². The fraction of sp³-hybridized carbons (Fsp3) is 0.562. The number of anilines is 1. The third kappa shape index (κ3) is 3.79. The lowest BCUT2D eigenvalue weighted by atomic mass is 10.2. The molecule has 0 bridgehead atoms. The molecule has 7 heteroatoms. The van der Waals surface area contributed by atoms with Gasteiger partial charge in [0.15, 0.2) is 0 Å². The number of carbonyl (C=O) groups excluding carboxylic acids is 1. The maximum Gasteiger partial charge on any atom is 0.321 e. The molecule has 23 heavy (non-hydrogen) atoms. The summed E-state index contributed by atoms with van der Waals surface area (Å²) in [7, 11) is 0. The highest BCUT2D eigenvalue weighted by atomic mass is 16.6. The van der Waals surface area contributed by atoms with E-state index in [1.165, 1.54) is 37.8 Å². The van der Waals surface area contributed by atoms with E-state index in [2.05, 4.69) is 10.2 Å². The average Bonchev–Trinajstić information content (AvgIpc) is 3.09. The zero-order valence-electron chi connectivity index (χ0n) is 13.1. The summed E-state index contributed by atoms with van der Waals surface area (Å²) in [4.78, 5) is 26.9. The standard InChI is InChI=1S/C16H22N4O3/c21-16(17-13-4-3-7-15(12-13)20(22)23)19-10-8-18(9-11-19)14-5-1-2-6-14/h3-4,7,12,14H,1-2,5-6,8-11H2,(H,17,21).